The molecule has 9 nitrogen and oxygen atoms in total. The lowest BCUT2D eigenvalue weighted by molar-refractivity contribution is -0.133. The Kier molecular flexibility index (Phi) is 6.05. The van der Waals surface area contributed by atoms with Crippen LogP contribution in [0.3, 0.4) is 0 Å². The zero-order chi connectivity index (χ0) is 22.7. The normalized spacial score (nSPS) is 10.5. The number of methoxy groups -OCH3 is 1. The Labute approximate surface area is 176 Å². The van der Waals surface area contributed by atoms with Gasteiger partial charge in [-0.2, -0.15) is 0 Å². The van der Waals surface area contributed by atoms with E-state index < -0.39 is 23.3 Å². The molecular weight excluding hydrogens is 408 g/mol. The molecule has 0 saturated carbocycles. The van der Waals surface area contributed by atoms with Crippen molar-refractivity contribution < 1.29 is 37.7 Å². The van der Waals surface area contributed by atoms with E-state index in [2.05, 4.69) is 0 Å². The van der Waals surface area contributed by atoms with Gasteiger partial charge in [-0.25, -0.2) is 0 Å². The van der Waals surface area contributed by atoms with Crippen molar-refractivity contribution in [2.75, 3.05) is 7.11 Å². The van der Waals surface area contributed by atoms with Gasteiger partial charge in [0.2, 0.25) is 5.75 Å². The van der Waals surface area contributed by atoms with Crippen LogP contribution in [0.1, 0.15) is 20.8 Å². The van der Waals surface area contributed by atoms with Gasteiger partial charge in [-0.3, -0.25) is 19.2 Å². The van der Waals surface area contributed by atoms with Gasteiger partial charge in [0.05, 0.1) is 7.11 Å². The number of carbonyl (C=O) groups is 3. The van der Waals surface area contributed by atoms with Crippen LogP contribution in [-0.4, -0.2) is 25.0 Å². The Morgan fingerprint density at radius 1 is 0.806 bits per heavy atom. The zero-order valence-corrected chi connectivity index (χ0v) is 17.1. The zero-order valence-electron chi connectivity index (χ0n) is 17.1. The summed E-state index contributed by atoms with van der Waals surface area (Å²) in [4.78, 5) is 47.1. The van der Waals surface area contributed by atoms with Gasteiger partial charge in [-0.1, -0.05) is 0 Å². The second-order valence-corrected chi connectivity index (χ2v) is 6.39. The minimum Gasteiger partial charge on any atom is -0.490 e. The molecule has 2 aromatic carbocycles. The van der Waals surface area contributed by atoms with Crippen LogP contribution >= 0.6 is 0 Å². The molecular formula is C22H18O9. The van der Waals surface area contributed by atoms with E-state index in [0.717, 1.165) is 6.92 Å². The summed E-state index contributed by atoms with van der Waals surface area (Å²) in [7, 11) is 1.28. The van der Waals surface area contributed by atoms with Gasteiger partial charge in [0, 0.05) is 38.5 Å². The summed E-state index contributed by atoms with van der Waals surface area (Å²) in [6, 6.07) is 8.83. The van der Waals surface area contributed by atoms with E-state index in [-0.39, 0.29) is 34.0 Å². The van der Waals surface area contributed by atoms with Gasteiger partial charge in [0.25, 0.3) is 0 Å². The largest absolute Gasteiger partial charge is 0.490 e. The second-order valence-electron chi connectivity index (χ2n) is 6.39. The molecule has 0 N–H and O–H groups in total. The summed E-state index contributed by atoms with van der Waals surface area (Å²) in [6.45, 7) is 3.63. The molecule has 160 valence electrons. The number of benzene rings is 2. The van der Waals surface area contributed by atoms with Gasteiger partial charge >= 0.3 is 17.9 Å². The van der Waals surface area contributed by atoms with Crippen LogP contribution in [-0.2, 0) is 14.4 Å². The highest BCUT2D eigenvalue weighted by molar-refractivity contribution is 5.93. The van der Waals surface area contributed by atoms with E-state index in [1.807, 2.05) is 0 Å². The molecule has 1 aromatic heterocycles. The fourth-order valence-electron chi connectivity index (χ4n) is 2.91. The Hall–Kier alpha value is -4.14. The van der Waals surface area contributed by atoms with Crippen molar-refractivity contribution in [3.8, 4) is 34.3 Å². The third-order valence-corrected chi connectivity index (χ3v) is 4.00. The predicted octanol–water partition coefficient (Wildman–Crippen LogP) is 3.24. The molecule has 0 unspecified atom stereocenters. The van der Waals surface area contributed by atoms with Crippen molar-refractivity contribution in [2.24, 2.45) is 0 Å². The van der Waals surface area contributed by atoms with Crippen LogP contribution in [0.4, 0.5) is 0 Å². The van der Waals surface area contributed by atoms with Gasteiger partial charge in [0.15, 0.2) is 16.9 Å². The highest BCUT2D eigenvalue weighted by atomic mass is 16.6. The average molecular weight is 426 g/mol. The van der Waals surface area contributed by atoms with Crippen molar-refractivity contribution in [2.45, 2.75) is 20.8 Å². The first-order valence-corrected chi connectivity index (χ1v) is 9.04. The molecule has 0 radical (unpaired) electrons. The summed E-state index contributed by atoms with van der Waals surface area (Å²) in [5.74, 6) is -1.68. The van der Waals surface area contributed by atoms with E-state index in [9.17, 15) is 19.2 Å². The van der Waals surface area contributed by atoms with E-state index in [4.69, 9.17) is 23.4 Å². The smallest absolute Gasteiger partial charge is 0.308 e. The first-order valence-electron chi connectivity index (χ1n) is 9.04. The fraction of sp³-hybridized carbons (Fsp3) is 0.182. The van der Waals surface area contributed by atoms with Gasteiger partial charge in [-0.15, -0.1) is 0 Å². The van der Waals surface area contributed by atoms with E-state index in [1.54, 1.807) is 24.3 Å². The molecule has 0 bridgehead atoms. The van der Waals surface area contributed by atoms with Crippen molar-refractivity contribution in [3.63, 3.8) is 0 Å². The maximum absolute atomic E-state index is 12.9. The highest BCUT2D eigenvalue weighted by Crippen LogP contribution is 2.43. The van der Waals surface area contributed by atoms with Gasteiger partial charge in [-0.05, 0) is 24.3 Å². The van der Waals surface area contributed by atoms with Crippen molar-refractivity contribution in [1.29, 1.82) is 0 Å². The topological polar surface area (TPSA) is 118 Å². The lowest BCUT2D eigenvalue weighted by atomic mass is 10.1. The molecule has 0 spiro atoms. The number of fused-ring (bicyclic) bond motifs is 1. The molecule has 0 atom stereocenters. The molecule has 0 aliphatic carbocycles. The second kappa shape index (κ2) is 8.70. The van der Waals surface area contributed by atoms with E-state index in [1.165, 1.54) is 33.1 Å². The minimum atomic E-state index is -0.705. The van der Waals surface area contributed by atoms with Crippen LogP contribution < -0.4 is 24.4 Å². The summed E-state index contributed by atoms with van der Waals surface area (Å²) in [5.41, 5.74) is 0.0258. The number of hydrogen-bond donors (Lipinski definition) is 0. The SMILES string of the molecule is COc1c(OC(C)=O)cc2oc(-c3ccc(OC(C)=O)cc3)cc(=O)c2c1OC(C)=O. The fourth-order valence-corrected chi connectivity index (χ4v) is 2.91. The third-order valence-electron chi connectivity index (χ3n) is 4.00. The van der Waals surface area contributed by atoms with E-state index >= 15 is 0 Å². The number of esters is 3. The molecule has 31 heavy (non-hydrogen) atoms. The average Bonchev–Trinajstić information content (AvgIpc) is 2.66. The molecule has 0 aliphatic rings. The highest BCUT2D eigenvalue weighted by Gasteiger charge is 2.24. The van der Waals surface area contributed by atoms with Gasteiger partial charge < -0.3 is 23.4 Å². The molecule has 9 heteroatoms. The lowest BCUT2D eigenvalue weighted by Crippen LogP contribution is -2.11. The van der Waals surface area contributed by atoms with Crippen molar-refractivity contribution >= 4 is 28.9 Å². The summed E-state index contributed by atoms with van der Waals surface area (Å²) < 4.78 is 26.4. The molecule has 0 amide bonds. The van der Waals surface area contributed by atoms with Crippen molar-refractivity contribution in [3.05, 3.63) is 46.6 Å². The Morgan fingerprint density at radius 3 is 1.97 bits per heavy atom. The molecule has 3 rings (SSSR count). The lowest BCUT2D eigenvalue weighted by Gasteiger charge is -2.15. The molecule has 3 aromatic rings. The maximum atomic E-state index is 12.9. The maximum Gasteiger partial charge on any atom is 0.308 e. The van der Waals surface area contributed by atoms with Crippen LogP contribution in [0.2, 0.25) is 0 Å². The Morgan fingerprint density at radius 2 is 1.42 bits per heavy atom. The summed E-state index contributed by atoms with van der Waals surface area (Å²) >= 11 is 0. The molecule has 0 fully saturated rings. The van der Waals surface area contributed by atoms with Crippen LogP contribution in [0, 0.1) is 0 Å². The van der Waals surface area contributed by atoms with Crippen LogP contribution in [0.25, 0.3) is 22.3 Å². The van der Waals surface area contributed by atoms with Crippen molar-refractivity contribution in [1.82, 2.24) is 0 Å². The number of carbonyl (C=O) groups excluding carboxylic acids is 3. The number of ether oxygens (including phenoxy) is 4. The quantitative estimate of drug-likeness (QED) is 0.447. The predicted molar refractivity (Wildman–Crippen MR) is 108 cm³/mol. The molecule has 0 aliphatic heterocycles. The number of hydrogen-bond acceptors (Lipinski definition) is 9. The molecule has 0 saturated heterocycles. The standard InChI is InChI=1S/C22H18O9/c1-11(23)28-15-7-5-14(6-8-15)17-9-16(26)20-18(31-17)10-19(29-12(2)24)21(27-4)22(20)30-13(3)25/h5-10H,1-4H3. The third kappa shape index (κ3) is 4.72. The summed E-state index contributed by atoms with van der Waals surface area (Å²) in [6.07, 6.45) is 0. The number of rotatable bonds is 5. The van der Waals surface area contributed by atoms with Crippen LogP contribution in [0.5, 0.6) is 23.0 Å². The molecule has 1 heterocycles. The summed E-state index contributed by atoms with van der Waals surface area (Å²) in [5, 5.41) is -0.0526. The van der Waals surface area contributed by atoms with E-state index in [0.29, 0.717) is 11.3 Å². The van der Waals surface area contributed by atoms with Crippen LogP contribution in [0.15, 0.2) is 45.6 Å². The first-order chi connectivity index (χ1) is 14.7. The Balaban J connectivity index is 2.22. The minimum absolute atomic E-state index is 0.0138. The Bertz CT molecular complexity index is 1240. The van der Waals surface area contributed by atoms with Gasteiger partial charge in [0.1, 0.15) is 22.5 Å². The monoisotopic (exact) mass is 426 g/mol. The first kappa shape index (κ1) is 21.6.